The molecule has 0 aliphatic heterocycles. The Balaban J connectivity index is 5.23. The summed E-state index contributed by atoms with van der Waals surface area (Å²) < 4.78 is 68.8. The van der Waals surface area contributed by atoms with E-state index in [2.05, 4.69) is 41.5 Å². The zero-order valence-electron chi connectivity index (χ0n) is 67.6. The fourth-order valence-electron chi connectivity index (χ4n) is 13.0. The number of esters is 4. The van der Waals surface area contributed by atoms with E-state index in [9.17, 15) is 43.2 Å². The molecule has 3 unspecified atom stereocenters. The highest BCUT2D eigenvalue weighted by molar-refractivity contribution is 7.47. The first-order chi connectivity index (χ1) is 49.9. The van der Waals surface area contributed by atoms with E-state index in [1.807, 2.05) is 0 Å². The van der Waals surface area contributed by atoms with Gasteiger partial charge < -0.3 is 33.8 Å². The number of unbranched alkanes of at least 4 members (excludes halogenated alkanes) is 52. The zero-order chi connectivity index (χ0) is 75.6. The van der Waals surface area contributed by atoms with Crippen LogP contribution in [0, 0.1) is 11.8 Å². The van der Waals surface area contributed by atoms with E-state index in [0.29, 0.717) is 25.7 Å². The fourth-order valence-corrected chi connectivity index (χ4v) is 14.6. The van der Waals surface area contributed by atoms with Gasteiger partial charge in [-0.15, -0.1) is 0 Å². The normalized spacial score (nSPS) is 14.1. The molecule has 0 heterocycles. The topological polar surface area (TPSA) is 237 Å². The molecule has 103 heavy (non-hydrogen) atoms. The Morgan fingerprint density at radius 1 is 0.282 bits per heavy atom. The maximum absolute atomic E-state index is 13.1. The van der Waals surface area contributed by atoms with Crippen molar-refractivity contribution in [2.24, 2.45) is 11.8 Å². The molecule has 6 atom stereocenters. The van der Waals surface area contributed by atoms with Gasteiger partial charge in [0.1, 0.15) is 19.3 Å². The Labute approximate surface area is 632 Å². The molecule has 612 valence electrons. The maximum Gasteiger partial charge on any atom is 0.472 e. The van der Waals surface area contributed by atoms with Gasteiger partial charge in [-0.3, -0.25) is 37.3 Å². The summed E-state index contributed by atoms with van der Waals surface area (Å²) >= 11 is 0. The van der Waals surface area contributed by atoms with Gasteiger partial charge in [-0.25, -0.2) is 9.13 Å². The first-order valence-corrected chi connectivity index (χ1v) is 46.5. The Hall–Kier alpha value is -1.94. The van der Waals surface area contributed by atoms with Gasteiger partial charge in [0.15, 0.2) is 12.2 Å². The maximum atomic E-state index is 13.1. The van der Waals surface area contributed by atoms with Crippen molar-refractivity contribution in [3.63, 3.8) is 0 Å². The van der Waals surface area contributed by atoms with Crippen molar-refractivity contribution in [3.05, 3.63) is 0 Å². The van der Waals surface area contributed by atoms with E-state index in [4.69, 9.17) is 37.0 Å². The van der Waals surface area contributed by atoms with Crippen LogP contribution in [-0.4, -0.2) is 96.7 Å². The molecule has 0 amide bonds. The third kappa shape index (κ3) is 76.6. The average molecular weight is 1510 g/mol. The van der Waals surface area contributed by atoms with Crippen LogP contribution in [0.3, 0.4) is 0 Å². The van der Waals surface area contributed by atoms with Crippen LogP contribution < -0.4 is 0 Å². The highest BCUT2D eigenvalue weighted by atomic mass is 31.2. The summed E-state index contributed by atoms with van der Waals surface area (Å²) in [6, 6.07) is 0. The predicted octanol–water partition coefficient (Wildman–Crippen LogP) is 25.5. The van der Waals surface area contributed by atoms with E-state index < -0.39 is 97.5 Å². The number of carbonyl (C=O) groups excluding carboxylic acids is 4. The standard InChI is InChI=1S/C84H164O17P2/c1-7-10-12-14-16-18-20-22-23-29-33-36-42-48-54-60-66-81(86)94-72-79(100-84(89)69-63-57-51-44-38-34-30-27-25-24-26-28-32-35-41-47-53-59-65-77(6)9-3)74-98-102(90,91)96-70-78(85)71-97-103(92,93)99-75-80(73-95-82(87)67-61-55-49-45-39-40-46-52-58-64-76(4)5)101-83(88)68-62-56-50-43-37-31-21-19-17-15-13-11-8-2/h76-80,85H,7-75H2,1-6H3,(H,90,91)(H,92,93)/t77?,78-,79-,80-/m1/s1. The van der Waals surface area contributed by atoms with E-state index in [-0.39, 0.29) is 25.7 Å². The number of aliphatic hydroxyl groups is 1. The van der Waals surface area contributed by atoms with Gasteiger partial charge in [0.2, 0.25) is 0 Å². The largest absolute Gasteiger partial charge is 0.472 e. The van der Waals surface area contributed by atoms with Crippen LogP contribution in [0.4, 0.5) is 0 Å². The van der Waals surface area contributed by atoms with Crippen molar-refractivity contribution in [1.82, 2.24) is 0 Å². The molecular formula is C84H164O17P2. The van der Waals surface area contributed by atoms with Gasteiger partial charge in [-0.05, 0) is 37.5 Å². The highest BCUT2D eigenvalue weighted by Crippen LogP contribution is 2.45. The fraction of sp³-hybridized carbons (Fsp3) is 0.952. The van der Waals surface area contributed by atoms with Crippen molar-refractivity contribution in [1.29, 1.82) is 0 Å². The van der Waals surface area contributed by atoms with Gasteiger partial charge in [-0.2, -0.15) is 0 Å². The quantitative estimate of drug-likeness (QED) is 0.0222. The van der Waals surface area contributed by atoms with Crippen molar-refractivity contribution in [2.75, 3.05) is 39.6 Å². The molecule has 0 saturated heterocycles. The molecule has 19 heteroatoms. The van der Waals surface area contributed by atoms with E-state index >= 15 is 0 Å². The number of hydrogen-bond donors (Lipinski definition) is 3. The number of phosphoric ester groups is 2. The van der Waals surface area contributed by atoms with Crippen LogP contribution in [-0.2, 0) is 65.4 Å². The van der Waals surface area contributed by atoms with Crippen molar-refractivity contribution in [3.8, 4) is 0 Å². The summed E-state index contributed by atoms with van der Waals surface area (Å²) in [4.78, 5) is 73.1. The molecule has 3 N–H and O–H groups in total. The van der Waals surface area contributed by atoms with E-state index in [1.165, 1.54) is 263 Å². The first kappa shape index (κ1) is 101. The number of carbonyl (C=O) groups is 4. The number of aliphatic hydroxyl groups excluding tert-OH is 1. The summed E-state index contributed by atoms with van der Waals surface area (Å²) in [6.07, 6.45) is 66.5. The minimum absolute atomic E-state index is 0.108. The summed E-state index contributed by atoms with van der Waals surface area (Å²) in [6.45, 7) is 9.71. The Kier molecular flexibility index (Phi) is 74.1. The molecular weight excluding hydrogens is 1340 g/mol. The number of hydrogen-bond acceptors (Lipinski definition) is 15. The van der Waals surface area contributed by atoms with Crippen LogP contribution in [0.2, 0.25) is 0 Å². The van der Waals surface area contributed by atoms with Crippen LogP contribution in [0.25, 0.3) is 0 Å². The zero-order valence-corrected chi connectivity index (χ0v) is 69.4. The summed E-state index contributed by atoms with van der Waals surface area (Å²) in [5.41, 5.74) is 0. The third-order valence-corrected chi connectivity index (χ3v) is 22.0. The molecule has 0 saturated carbocycles. The molecule has 0 aliphatic rings. The minimum atomic E-state index is -4.96. The summed E-state index contributed by atoms with van der Waals surface area (Å²) in [5.74, 6) is -0.488. The molecule has 0 aromatic carbocycles. The summed E-state index contributed by atoms with van der Waals surface area (Å²) in [7, 11) is -9.92. The van der Waals surface area contributed by atoms with Gasteiger partial charge in [0, 0.05) is 25.7 Å². The van der Waals surface area contributed by atoms with Gasteiger partial charge in [0.05, 0.1) is 26.4 Å². The van der Waals surface area contributed by atoms with Crippen molar-refractivity contribution in [2.45, 2.75) is 464 Å². The third-order valence-electron chi connectivity index (χ3n) is 20.1. The van der Waals surface area contributed by atoms with Crippen LogP contribution in [0.15, 0.2) is 0 Å². The predicted molar refractivity (Wildman–Crippen MR) is 423 cm³/mol. The van der Waals surface area contributed by atoms with E-state index in [1.54, 1.807) is 0 Å². The number of phosphoric acid groups is 2. The Morgan fingerprint density at radius 2 is 0.495 bits per heavy atom. The molecule has 17 nitrogen and oxygen atoms in total. The second kappa shape index (κ2) is 75.5. The van der Waals surface area contributed by atoms with Gasteiger partial charge in [0.25, 0.3) is 0 Å². The van der Waals surface area contributed by atoms with Crippen LogP contribution >= 0.6 is 15.6 Å². The smallest absolute Gasteiger partial charge is 0.462 e. The van der Waals surface area contributed by atoms with Gasteiger partial charge in [-0.1, -0.05) is 395 Å². The highest BCUT2D eigenvalue weighted by Gasteiger charge is 2.30. The van der Waals surface area contributed by atoms with Crippen LogP contribution in [0.5, 0.6) is 0 Å². The first-order valence-electron chi connectivity index (χ1n) is 43.5. The van der Waals surface area contributed by atoms with Crippen molar-refractivity contribution >= 4 is 39.5 Å². The summed E-state index contributed by atoms with van der Waals surface area (Å²) in [5, 5.41) is 10.7. The Bertz CT molecular complexity index is 1980. The molecule has 0 spiro atoms. The molecule has 0 radical (unpaired) electrons. The van der Waals surface area contributed by atoms with Gasteiger partial charge >= 0.3 is 39.5 Å². The lowest BCUT2D eigenvalue weighted by molar-refractivity contribution is -0.161. The van der Waals surface area contributed by atoms with E-state index in [0.717, 1.165) is 102 Å². The molecule has 0 bridgehead atoms. The molecule has 0 fully saturated rings. The Morgan fingerprint density at radius 3 is 0.738 bits per heavy atom. The number of rotatable bonds is 83. The number of ether oxygens (including phenoxy) is 4. The minimum Gasteiger partial charge on any atom is -0.462 e. The lowest BCUT2D eigenvalue weighted by Crippen LogP contribution is -2.30. The van der Waals surface area contributed by atoms with Crippen molar-refractivity contribution < 1.29 is 80.2 Å². The SMILES string of the molecule is CCCCCCCCCCCCCCCCCCC(=O)OC[C@H](COP(=O)(O)OC[C@@H](O)COP(=O)(O)OC[C@@H](COC(=O)CCCCCCCCCCCC(C)C)OC(=O)CCCCCCCCCCCCCCC)OC(=O)CCCCCCCCCCCCCCCCCCCCC(C)CC. The second-order valence-electron chi connectivity index (χ2n) is 30.9. The lowest BCUT2D eigenvalue weighted by atomic mass is 9.99. The molecule has 0 aromatic heterocycles. The monoisotopic (exact) mass is 1510 g/mol. The molecule has 0 aromatic rings. The molecule has 0 rings (SSSR count). The average Bonchev–Trinajstić information content (AvgIpc) is 0.911. The second-order valence-corrected chi connectivity index (χ2v) is 33.8. The molecule has 0 aliphatic carbocycles. The van der Waals surface area contributed by atoms with Crippen LogP contribution in [0.1, 0.15) is 446 Å². The lowest BCUT2D eigenvalue weighted by Gasteiger charge is -2.21.